The molecular formula is C18H19N3O. The van der Waals surface area contributed by atoms with Gasteiger partial charge in [-0.05, 0) is 43.7 Å². The Morgan fingerprint density at radius 1 is 1.00 bits per heavy atom. The molecule has 1 N–H and O–H groups in total. The second-order valence-corrected chi connectivity index (χ2v) is 5.40. The van der Waals surface area contributed by atoms with E-state index in [1.165, 1.54) is 5.56 Å². The first-order valence-corrected chi connectivity index (χ1v) is 7.41. The highest BCUT2D eigenvalue weighted by atomic mass is 16.5. The van der Waals surface area contributed by atoms with Crippen molar-refractivity contribution in [2.75, 3.05) is 5.32 Å². The maximum absolute atomic E-state index is 5.65. The molecule has 0 bridgehead atoms. The minimum atomic E-state index is 0.191. The van der Waals surface area contributed by atoms with Gasteiger partial charge in [0.1, 0.15) is 17.9 Å². The number of rotatable bonds is 5. The summed E-state index contributed by atoms with van der Waals surface area (Å²) in [6, 6.07) is 16.1. The number of hydrogen-bond acceptors (Lipinski definition) is 4. The van der Waals surface area contributed by atoms with Crippen LogP contribution in [0.2, 0.25) is 0 Å². The lowest BCUT2D eigenvalue weighted by Crippen LogP contribution is -2.06. The van der Waals surface area contributed by atoms with Crippen molar-refractivity contribution in [3.8, 4) is 5.75 Å². The fourth-order valence-electron chi connectivity index (χ4n) is 2.29. The van der Waals surface area contributed by atoms with Crippen LogP contribution in [0.15, 0.2) is 54.9 Å². The van der Waals surface area contributed by atoms with Crippen LogP contribution in [-0.4, -0.2) is 16.1 Å². The smallest absolute Gasteiger partial charge is 0.137 e. The number of nitrogens with zero attached hydrogens (tertiary/aromatic N) is 2. The van der Waals surface area contributed by atoms with Crippen LogP contribution in [0.25, 0.3) is 10.9 Å². The summed E-state index contributed by atoms with van der Waals surface area (Å²) >= 11 is 0. The highest BCUT2D eigenvalue weighted by molar-refractivity contribution is 5.88. The molecule has 0 atom stereocenters. The number of hydrogen-bond donors (Lipinski definition) is 1. The van der Waals surface area contributed by atoms with Gasteiger partial charge in [0.2, 0.25) is 0 Å². The second kappa shape index (κ2) is 6.43. The maximum Gasteiger partial charge on any atom is 0.137 e. The minimum Gasteiger partial charge on any atom is -0.491 e. The lowest BCUT2D eigenvalue weighted by molar-refractivity contribution is 0.242. The number of aromatic nitrogens is 2. The number of ether oxygens (including phenoxy) is 1. The molecule has 1 heterocycles. The lowest BCUT2D eigenvalue weighted by Gasteiger charge is -2.11. The molecule has 0 fully saturated rings. The van der Waals surface area contributed by atoms with Crippen LogP contribution in [0.5, 0.6) is 5.75 Å². The first-order chi connectivity index (χ1) is 10.7. The average molecular weight is 293 g/mol. The number of benzene rings is 2. The Morgan fingerprint density at radius 3 is 2.55 bits per heavy atom. The van der Waals surface area contributed by atoms with E-state index in [2.05, 4.69) is 27.4 Å². The van der Waals surface area contributed by atoms with Crippen molar-refractivity contribution in [3.63, 3.8) is 0 Å². The summed E-state index contributed by atoms with van der Waals surface area (Å²) in [5.74, 6) is 1.75. The van der Waals surface area contributed by atoms with Crippen molar-refractivity contribution in [1.29, 1.82) is 0 Å². The fourth-order valence-corrected chi connectivity index (χ4v) is 2.29. The first kappa shape index (κ1) is 14.3. The lowest BCUT2D eigenvalue weighted by atomic mass is 10.2. The fraction of sp³-hybridized carbons (Fsp3) is 0.222. The van der Waals surface area contributed by atoms with E-state index in [1.54, 1.807) is 6.33 Å². The van der Waals surface area contributed by atoms with Gasteiger partial charge in [0.05, 0.1) is 11.6 Å². The number of para-hydroxylation sites is 1. The normalized spacial score (nSPS) is 10.9. The Labute approximate surface area is 130 Å². The molecule has 0 saturated carbocycles. The Kier molecular flexibility index (Phi) is 4.19. The summed E-state index contributed by atoms with van der Waals surface area (Å²) in [7, 11) is 0. The monoisotopic (exact) mass is 293 g/mol. The number of nitrogens with one attached hydrogen (secondary N) is 1. The zero-order valence-corrected chi connectivity index (χ0v) is 12.8. The van der Waals surface area contributed by atoms with Crippen molar-refractivity contribution in [2.45, 2.75) is 26.5 Å². The van der Waals surface area contributed by atoms with E-state index in [4.69, 9.17) is 4.74 Å². The van der Waals surface area contributed by atoms with E-state index in [1.807, 2.05) is 50.2 Å². The van der Waals surface area contributed by atoms with Gasteiger partial charge in [-0.15, -0.1) is 0 Å². The summed E-state index contributed by atoms with van der Waals surface area (Å²) < 4.78 is 5.65. The van der Waals surface area contributed by atoms with E-state index >= 15 is 0 Å². The molecule has 0 radical (unpaired) electrons. The third-order valence-electron chi connectivity index (χ3n) is 3.30. The van der Waals surface area contributed by atoms with Gasteiger partial charge < -0.3 is 10.1 Å². The molecular weight excluding hydrogens is 274 g/mol. The molecule has 3 rings (SSSR count). The predicted molar refractivity (Wildman–Crippen MR) is 89.1 cm³/mol. The summed E-state index contributed by atoms with van der Waals surface area (Å²) in [5, 5.41) is 4.40. The third kappa shape index (κ3) is 3.34. The molecule has 2 aromatic carbocycles. The molecule has 0 aliphatic heterocycles. The minimum absolute atomic E-state index is 0.191. The van der Waals surface area contributed by atoms with Crippen LogP contribution in [0.4, 0.5) is 5.82 Å². The number of fused-ring (bicyclic) bond motifs is 1. The first-order valence-electron chi connectivity index (χ1n) is 7.41. The van der Waals surface area contributed by atoms with Gasteiger partial charge in [-0.1, -0.05) is 24.3 Å². The van der Waals surface area contributed by atoms with E-state index in [9.17, 15) is 0 Å². The molecule has 1 aromatic heterocycles. The van der Waals surface area contributed by atoms with Crippen molar-refractivity contribution in [1.82, 2.24) is 9.97 Å². The van der Waals surface area contributed by atoms with Crippen molar-refractivity contribution >= 4 is 16.7 Å². The summed E-state index contributed by atoms with van der Waals surface area (Å²) in [4.78, 5) is 8.60. The van der Waals surface area contributed by atoms with Crippen molar-refractivity contribution in [3.05, 3.63) is 60.4 Å². The van der Waals surface area contributed by atoms with E-state index in [0.717, 1.165) is 22.5 Å². The molecule has 0 aliphatic carbocycles. The Bertz CT molecular complexity index is 748. The highest BCUT2D eigenvalue weighted by Crippen LogP contribution is 2.20. The van der Waals surface area contributed by atoms with Gasteiger partial charge in [-0.2, -0.15) is 0 Å². The van der Waals surface area contributed by atoms with Gasteiger partial charge in [0.15, 0.2) is 0 Å². The summed E-state index contributed by atoms with van der Waals surface area (Å²) in [5.41, 5.74) is 2.12. The molecule has 4 heteroatoms. The zero-order chi connectivity index (χ0) is 15.4. The maximum atomic E-state index is 5.65. The summed E-state index contributed by atoms with van der Waals surface area (Å²) in [6.07, 6.45) is 1.78. The Balaban J connectivity index is 1.71. The van der Waals surface area contributed by atoms with Crippen molar-refractivity contribution in [2.24, 2.45) is 0 Å². The van der Waals surface area contributed by atoms with Crippen LogP contribution >= 0.6 is 0 Å². The molecule has 0 aliphatic rings. The average Bonchev–Trinajstić information content (AvgIpc) is 2.54. The second-order valence-electron chi connectivity index (χ2n) is 5.40. The molecule has 0 unspecified atom stereocenters. The quantitative estimate of drug-likeness (QED) is 0.771. The largest absolute Gasteiger partial charge is 0.491 e. The molecule has 4 nitrogen and oxygen atoms in total. The summed E-state index contributed by atoms with van der Waals surface area (Å²) in [6.45, 7) is 4.76. The molecule has 22 heavy (non-hydrogen) atoms. The standard InChI is InChI=1S/C18H19N3O/c1-13(2)22-15-9-7-14(8-10-15)11-19-18-16-5-3-4-6-17(16)20-12-21-18/h3-10,12-13H,11H2,1-2H3,(H,19,20,21). The molecule has 112 valence electrons. The van der Waals surface area contributed by atoms with Crippen LogP contribution in [0, 0.1) is 0 Å². The molecule has 3 aromatic rings. The van der Waals surface area contributed by atoms with E-state index in [0.29, 0.717) is 6.54 Å². The van der Waals surface area contributed by atoms with Gasteiger partial charge in [-0.25, -0.2) is 9.97 Å². The predicted octanol–water partition coefficient (Wildman–Crippen LogP) is 4.03. The molecule has 0 saturated heterocycles. The number of anilines is 1. The van der Waals surface area contributed by atoms with Gasteiger partial charge in [0.25, 0.3) is 0 Å². The molecule has 0 amide bonds. The van der Waals surface area contributed by atoms with Gasteiger partial charge in [-0.3, -0.25) is 0 Å². The highest BCUT2D eigenvalue weighted by Gasteiger charge is 2.03. The topological polar surface area (TPSA) is 47.0 Å². The van der Waals surface area contributed by atoms with Gasteiger partial charge >= 0.3 is 0 Å². The zero-order valence-electron chi connectivity index (χ0n) is 12.8. The van der Waals surface area contributed by atoms with Crippen LogP contribution < -0.4 is 10.1 Å². The van der Waals surface area contributed by atoms with Crippen LogP contribution in [0.3, 0.4) is 0 Å². The van der Waals surface area contributed by atoms with E-state index < -0.39 is 0 Å². The third-order valence-corrected chi connectivity index (χ3v) is 3.30. The SMILES string of the molecule is CC(C)Oc1ccc(CNc2ncnc3ccccc23)cc1. The van der Waals surface area contributed by atoms with Crippen molar-refractivity contribution < 1.29 is 4.74 Å². The van der Waals surface area contributed by atoms with Gasteiger partial charge in [0, 0.05) is 11.9 Å². The van der Waals surface area contributed by atoms with Crippen LogP contribution in [0.1, 0.15) is 19.4 Å². The Morgan fingerprint density at radius 2 is 1.77 bits per heavy atom. The van der Waals surface area contributed by atoms with Crippen LogP contribution in [-0.2, 0) is 6.54 Å². The Hall–Kier alpha value is -2.62. The molecule has 0 spiro atoms. The van der Waals surface area contributed by atoms with E-state index in [-0.39, 0.29) is 6.10 Å².